The molecule has 1 aromatic heterocycles. The molecule has 1 amide bonds. The molecule has 1 fully saturated rings. The summed E-state index contributed by atoms with van der Waals surface area (Å²) in [6, 6.07) is 1.94. The van der Waals surface area contributed by atoms with E-state index in [4.69, 9.17) is 0 Å². The van der Waals surface area contributed by atoms with Crippen LogP contribution in [0.2, 0.25) is 0 Å². The summed E-state index contributed by atoms with van der Waals surface area (Å²) in [6.07, 6.45) is 3.12. The second-order valence-corrected chi connectivity index (χ2v) is 6.85. The molecule has 1 aliphatic rings. The van der Waals surface area contributed by atoms with Crippen LogP contribution in [0, 0.1) is 5.41 Å². The monoisotopic (exact) mass is 292 g/mol. The number of carbonyl (C=O) groups is 1. The Morgan fingerprint density at radius 2 is 2.19 bits per heavy atom. The van der Waals surface area contributed by atoms with Crippen molar-refractivity contribution < 1.29 is 4.79 Å². The van der Waals surface area contributed by atoms with E-state index < -0.39 is 0 Å². The molecule has 1 aliphatic heterocycles. The van der Waals surface area contributed by atoms with Gasteiger partial charge in [-0.3, -0.25) is 9.48 Å². The van der Waals surface area contributed by atoms with Crippen LogP contribution in [-0.2, 0) is 13.5 Å². The fourth-order valence-electron chi connectivity index (χ4n) is 3.34. The fraction of sp³-hybridized carbons (Fsp3) is 0.750. The maximum Gasteiger partial charge on any atom is 0.271 e. The molecule has 2 rings (SSSR count). The van der Waals surface area contributed by atoms with Crippen molar-refractivity contribution in [1.29, 1.82) is 0 Å². The van der Waals surface area contributed by atoms with E-state index in [1.807, 2.05) is 25.1 Å². The molecule has 1 unspecified atom stereocenters. The number of nitrogens with zero attached hydrogens (tertiary/aromatic N) is 4. The largest absolute Gasteiger partial charge is 0.340 e. The summed E-state index contributed by atoms with van der Waals surface area (Å²) in [4.78, 5) is 16.8. The van der Waals surface area contributed by atoms with Crippen LogP contribution in [0.15, 0.2) is 6.07 Å². The van der Waals surface area contributed by atoms with Crippen LogP contribution in [-0.4, -0.2) is 59.2 Å². The van der Waals surface area contributed by atoms with E-state index >= 15 is 0 Å². The average Bonchev–Trinajstić information content (AvgIpc) is 2.92. The SMILES string of the molecule is CCCc1cc(C(=O)N(C)CC2(C)CCN(C)C2)n(C)n1. The summed E-state index contributed by atoms with van der Waals surface area (Å²) < 4.78 is 1.72. The number of carbonyl (C=O) groups excluding carboxylic acids is 1. The molecule has 1 aromatic rings. The third-order valence-corrected chi connectivity index (χ3v) is 4.37. The van der Waals surface area contributed by atoms with Crippen molar-refractivity contribution in [2.24, 2.45) is 12.5 Å². The van der Waals surface area contributed by atoms with Crippen LogP contribution in [0.25, 0.3) is 0 Å². The molecule has 0 spiro atoms. The topological polar surface area (TPSA) is 41.4 Å². The number of aromatic nitrogens is 2. The minimum atomic E-state index is 0.0723. The second kappa shape index (κ2) is 6.18. The lowest BCUT2D eigenvalue weighted by atomic mass is 9.89. The van der Waals surface area contributed by atoms with Crippen molar-refractivity contribution in [2.75, 3.05) is 33.7 Å². The van der Waals surface area contributed by atoms with Gasteiger partial charge in [-0.15, -0.1) is 0 Å². The Morgan fingerprint density at radius 1 is 1.48 bits per heavy atom. The summed E-state index contributed by atoms with van der Waals surface area (Å²) in [5.41, 5.74) is 1.89. The van der Waals surface area contributed by atoms with E-state index in [1.165, 1.54) is 0 Å². The van der Waals surface area contributed by atoms with Crippen molar-refractivity contribution in [3.05, 3.63) is 17.5 Å². The van der Waals surface area contributed by atoms with Crippen molar-refractivity contribution >= 4 is 5.91 Å². The zero-order valence-corrected chi connectivity index (χ0v) is 14.0. The maximum atomic E-state index is 12.6. The first kappa shape index (κ1) is 16.0. The second-order valence-electron chi connectivity index (χ2n) is 6.85. The van der Waals surface area contributed by atoms with Gasteiger partial charge in [0, 0.05) is 27.2 Å². The van der Waals surface area contributed by atoms with Gasteiger partial charge in [0.15, 0.2) is 0 Å². The van der Waals surface area contributed by atoms with E-state index in [0.717, 1.165) is 44.6 Å². The summed E-state index contributed by atoms with van der Waals surface area (Å²) in [5, 5.41) is 4.43. The van der Waals surface area contributed by atoms with E-state index in [0.29, 0.717) is 5.69 Å². The van der Waals surface area contributed by atoms with Gasteiger partial charge in [-0.1, -0.05) is 20.3 Å². The molecule has 118 valence electrons. The first-order valence-electron chi connectivity index (χ1n) is 7.81. The summed E-state index contributed by atoms with van der Waals surface area (Å²) in [6.45, 7) is 7.36. The Labute approximate surface area is 127 Å². The van der Waals surface area contributed by atoms with Gasteiger partial charge in [0.2, 0.25) is 0 Å². The molecule has 21 heavy (non-hydrogen) atoms. The Hall–Kier alpha value is -1.36. The Bertz CT molecular complexity index is 510. The standard InChI is InChI=1S/C16H28N4O/c1-6-7-13-10-14(20(5)17-13)15(21)19(4)12-16(2)8-9-18(3)11-16/h10H,6-9,11-12H2,1-5H3. The molecule has 0 N–H and O–H groups in total. The fourth-order valence-corrected chi connectivity index (χ4v) is 3.34. The smallest absolute Gasteiger partial charge is 0.271 e. The van der Waals surface area contributed by atoms with Gasteiger partial charge < -0.3 is 9.80 Å². The lowest BCUT2D eigenvalue weighted by molar-refractivity contribution is 0.0719. The highest BCUT2D eigenvalue weighted by Crippen LogP contribution is 2.29. The predicted molar refractivity (Wildman–Crippen MR) is 84.4 cm³/mol. The van der Waals surface area contributed by atoms with Crippen LogP contribution < -0.4 is 0 Å². The quantitative estimate of drug-likeness (QED) is 0.831. The molecule has 0 aliphatic carbocycles. The zero-order valence-electron chi connectivity index (χ0n) is 14.0. The van der Waals surface area contributed by atoms with Crippen molar-refractivity contribution in [2.45, 2.75) is 33.1 Å². The summed E-state index contributed by atoms with van der Waals surface area (Å²) >= 11 is 0. The van der Waals surface area contributed by atoms with E-state index in [1.54, 1.807) is 4.68 Å². The van der Waals surface area contributed by atoms with Gasteiger partial charge in [-0.05, 0) is 37.9 Å². The highest BCUT2D eigenvalue weighted by atomic mass is 16.2. The molecule has 1 atom stereocenters. The Balaban J connectivity index is 2.05. The molecule has 0 radical (unpaired) electrons. The van der Waals surface area contributed by atoms with Crippen LogP contribution in [0.5, 0.6) is 0 Å². The summed E-state index contributed by atoms with van der Waals surface area (Å²) in [5.74, 6) is 0.0723. The number of hydrogen-bond acceptors (Lipinski definition) is 3. The van der Waals surface area contributed by atoms with Gasteiger partial charge in [0.05, 0.1) is 5.69 Å². The molecule has 0 bridgehead atoms. The molecule has 5 nitrogen and oxygen atoms in total. The zero-order chi connectivity index (χ0) is 15.6. The highest BCUT2D eigenvalue weighted by Gasteiger charge is 2.34. The third kappa shape index (κ3) is 3.64. The highest BCUT2D eigenvalue weighted by molar-refractivity contribution is 5.92. The van der Waals surface area contributed by atoms with Gasteiger partial charge in [0.25, 0.3) is 5.91 Å². The van der Waals surface area contributed by atoms with Crippen molar-refractivity contribution in [3.8, 4) is 0 Å². The molecular weight excluding hydrogens is 264 g/mol. The van der Waals surface area contributed by atoms with Gasteiger partial charge >= 0.3 is 0 Å². The van der Waals surface area contributed by atoms with Crippen LogP contribution >= 0.6 is 0 Å². The number of hydrogen-bond donors (Lipinski definition) is 0. The molecule has 0 aromatic carbocycles. The van der Waals surface area contributed by atoms with Crippen LogP contribution in [0.3, 0.4) is 0 Å². The Kier molecular flexibility index (Phi) is 4.71. The first-order valence-corrected chi connectivity index (χ1v) is 7.81. The number of likely N-dealkylation sites (tertiary alicyclic amines) is 1. The third-order valence-electron chi connectivity index (χ3n) is 4.37. The molecule has 5 heteroatoms. The number of aryl methyl sites for hydroxylation is 2. The molecule has 1 saturated heterocycles. The van der Waals surface area contributed by atoms with Crippen LogP contribution in [0.4, 0.5) is 0 Å². The Morgan fingerprint density at radius 3 is 2.76 bits per heavy atom. The van der Waals surface area contributed by atoms with Crippen molar-refractivity contribution in [1.82, 2.24) is 19.6 Å². The van der Waals surface area contributed by atoms with E-state index in [2.05, 4.69) is 30.9 Å². The predicted octanol–water partition coefficient (Wildman–Crippen LogP) is 1.79. The maximum absolute atomic E-state index is 12.6. The summed E-state index contributed by atoms with van der Waals surface area (Å²) in [7, 11) is 5.90. The molecular formula is C16H28N4O. The van der Waals surface area contributed by atoms with Gasteiger partial charge in [0.1, 0.15) is 5.69 Å². The first-order chi connectivity index (χ1) is 9.84. The minimum absolute atomic E-state index is 0.0723. The molecule has 0 saturated carbocycles. The van der Waals surface area contributed by atoms with Gasteiger partial charge in [-0.25, -0.2) is 0 Å². The van der Waals surface area contributed by atoms with E-state index in [9.17, 15) is 4.79 Å². The minimum Gasteiger partial charge on any atom is -0.340 e. The lowest BCUT2D eigenvalue weighted by Crippen LogP contribution is -2.39. The van der Waals surface area contributed by atoms with Crippen molar-refractivity contribution in [3.63, 3.8) is 0 Å². The van der Waals surface area contributed by atoms with Gasteiger partial charge in [-0.2, -0.15) is 5.10 Å². The number of amides is 1. The number of rotatable bonds is 5. The average molecular weight is 292 g/mol. The normalized spacial score (nSPS) is 22.7. The van der Waals surface area contributed by atoms with Crippen LogP contribution in [0.1, 0.15) is 42.9 Å². The van der Waals surface area contributed by atoms with E-state index in [-0.39, 0.29) is 11.3 Å². The lowest BCUT2D eigenvalue weighted by Gasteiger charge is -2.29. The molecule has 2 heterocycles.